The maximum absolute atomic E-state index is 12.1. The molecule has 0 aromatic carbocycles. The predicted octanol–water partition coefficient (Wildman–Crippen LogP) is 3.14. The molecule has 0 saturated heterocycles. The predicted molar refractivity (Wildman–Crippen MR) is 80.7 cm³/mol. The Morgan fingerprint density at radius 1 is 1.20 bits per heavy atom. The molecule has 106 valence electrons. The smallest absolute Gasteiger partial charge is 0.228 e. The van der Waals surface area contributed by atoms with Crippen LogP contribution in [0.2, 0.25) is 0 Å². The van der Waals surface area contributed by atoms with E-state index in [1.807, 2.05) is 19.1 Å². The van der Waals surface area contributed by atoms with Crippen LogP contribution in [0, 0.1) is 0 Å². The lowest BCUT2D eigenvalue weighted by Crippen LogP contribution is -2.31. The van der Waals surface area contributed by atoms with Gasteiger partial charge in [0, 0.05) is 30.9 Å². The van der Waals surface area contributed by atoms with Gasteiger partial charge in [-0.3, -0.25) is 14.7 Å². The van der Waals surface area contributed by atoms with E-state index in [9.17, 15) is 4.79 Å². The molecule has 1 amide bonds. The lowest BCUT2D eigenvalue weighted by atomic mass is 10.3. The number of carbonyl (C=O) groups excluding carboxylic acids is 1. The van der Waals surface area contributed by atoms with Crippen LogP contribution >= 0.6 is 11.3 Å². The second-order valence-electron chi connectivity index (χ2n) is 4.42. The standard InChI is InChI=1S/C14H18N4OS/c1-3-5-12(19)18(10-4-2)14-17-16-13(20-14)11-6-8-15-9-7-11/h6-9H,3-5,10H2,1-2H3. The van der Waals surface area contributed by atoms with Crippen molar-refractivity contribution in [2.24, 2.45) is 0 Å². The van der Waals surface area contributed by atoms with Crippen molar-refractivity contribution in [2.45, 2.75) is 33.1 Å². The lowest BCUT2D eigenvalue weighted by molar-refractivity contribution is -0.118. The third kappa shape index (κ3) is 3.39. The van der Waals surface area contributed by atoms with E-state index in [4.69, 9.17) is 0 Å². The lowest BCUT2D eigenvalue weighted by Gasteiger charge is -2.17. The van der Waals surface area contributed by atoms with Crippen molar-refractivity contribution in [1.82, 2.24) is 15.2 Å². The van der Waals surface area contributed by atoms with Crippen molar-refractivity contribution in [2.75, 3.05) is 11.4 Å². The van der Waals surface area contributed by atoms with Gasteiger partial charge in [0.15, 0.2) is 0 Å². The maximum Gasteiger partial charge on any atom is 0.228 e. The van der Waals surface area contributed by atoms with Crippen molar-refractivity contribution in [3.63, 3.8) is 0 Å². The van der Waals surface area contributed by atoms with Gasteiger partial charge in [-0.1, -0.05) is 25.2 Å². The Bertz CT molecular complexity index is 555. The zero-order valence-electron chi connectivity index (χ0n) is 11.7. The van der Waals surface area contributed by atoms with Crippen LogP contribution in [0.3, 0.4) is 0 Å². The van der Waals surface area contributed by atoms with E-state index in [1.165, 1.54) is 11.3 Å². The van der Waals surface area contributed by atoms with Crippen LogP contribution in [-0.4, -0.2) is 27.6 Å². The Labute approximate surface area is 122 Å². The molecule has 5 nitrogen and oxygen atoms in total. The van der Waals surface area contributed by atoms with Crippen molar-refractivity contribution in [3.8, 4) is 10.6 Å². The number of pyridine rings is 1. The quantitative estimate of drug-likeness (QED) is 0.820. The maximum atomic E-state index is 12.1. The summed E-state index contributed by atoms with van der Waals surface area (Å²) in [5, 5.41) is 9.84. The molecule has 2 aromatic heterocycles. The third-order valence-corrected chi connectivity index (χ3v) is 3.78. The number of carbonyl (C=O) groups is 1. The molecule has 0 unspecified atom stereocenters. The molecule has 0 atom stereocenters. The van der Waals surface area contributed by atoms with Crippen LogP contribution in [0.4, 0.5) is 5.13 Å². The number of anilines is 1. The second kappa shape index (κ2) is 7.09. The van der Waals surface area contributed by atoms with E-state index in [2.05, 4.69) is 22.1 Å². The van der Waals surface area contributed by atoms with Gasteiger partial charge in [0.1, 0.15) is 5.01 Å². The van der Waals surface area contributed by atoms with Crippen LogP contribution in [0.15, 0.2) is 24.5 Å². The molecule has 0 fully saturated rings. The summed E-state index contributed by atoms with van der Waals surface area (Å²) >= 11 is 1.44. The Morgan fingerprint density at radius 3 is 2.60 bits per heavy atom. The van der Waals surface area contributed by atoms with Gasteiger partial charge in [-0.25, -0.2) is 0 Å². The second-order valence-corrected chi connectivity index (χ2v) is 5.38. The molecule has 0 spiro atoms. The van der Waals surface area contributed by atoms with Crippen LogP contribution in [0.1, 0.15) is 33.1 Å². The first kappa shape index (κ1) is 14.6. The summed E-state index contributed by atoms with van der Waals surface area (Å²) in [6, 6.07) is 3.78. The average molecular weight is 290 g/mol. The average Bonchev–Trinajstić information content (AvgIpc) is 2.95. The monoisotopic (exact) mass is 290 g/mol. The van der Waals surface area contributed by atoms with Crippen LogP contribution < -0.4 is 4.90 Å². The number of rotatable bonds is 6. The molecule has 0 aliphatic rings. The van der Waals surface area contributed by atoms with Gasteiger partial charge in [-0.05, 0) is 25.0 Å². The fraction of sp³-hybridized carbons (Fsp3) is 0.429. The molecule has 0 saturated carbocycles. The molecule has 0 N–H and O–H groups in total. The first-order chi connectivity index (χ1) is 9.76. The van der Waals surface area contributed by atoms with E-state index in [1.54, 1.807) is 17.3 Å². The summed E-state index contributed by atoms with van der Waals surface area (Å²) in [7, 11) is 0. The van der Waals surface area contributed by atoms with E-state index in [0.29, 0.717) is 18.1 Å². The summed E-state index contributed by atoms with van der Waals surface area (Å²) in [5.74, 6) is 0.117. The van der Waals surface area contributed by atoms with E-state index < -0.39 is 0 Å². The summed E-state index contributed by atoms with van der Waals surface area (Å²) in [6.45, 7) is 4.74. The number of nitrogens with zero attached hydrogens (tertiary/aromatic N) is 4. The van der Waals surface area contributed by atoms with Gasteiger partial charge >= 0.3 is 0 Å². The van der Waals surface area contributed by atoms with Gasteiger partial charge in [0.25, 0.3) is 0 Å². The fourth-order valence-corrected chi connectivity index (χ4v) is 2.73. The molecule has 0 aliphatic heterocycles. The van der Waals surface area contributed by atoms with Gasteiger partial charge in [0.2, 0.25) is 11.0 Å². The molecule has 0 bridgehead atoms. The highest BCUT2D eigenvalue weighted by Gasteiger charge is 2.18. The van der Waals surface area contributed by atoms with Crippen molar-refractivity contribution in [1.29, 1.82) is 0 Å². The number of amides is 1. The van der Waals surface area contributed by atoms with Gasteiger partial charge in [0.05, 0.1) is 0 Å². The summed E-state index contributed by atoms with van der Waals surface area (Å²) in [5.41, 5.74) is 0.975. The minimum absolute atomic E-state index is 0.117. The molecule has 0 radical (unpaired) electrons. The van der Waals surface area contributed by atoms with Crippen molar-refractivity contribution < 1.29 is 4.79 Å². The zero-order chi connectivity index (χ0) is 14.4. The van der Waals surface area contributed by atoms with Gasteiger partial charge in [-0.15, -0.1) is 10.2 Å². The molecule has 6 heteroatoms. The van der Waals surface area contributed by atoms with Gasteiger partial charge in [-0.2, -0.15) is 0 Å². The topological polar surface area (TPSA) is 59.0 Å². The summed E-state index contributed by atoms with van der Waals surface area (Å²) < 4.78 is 0. The molecular formula is C14H18N4OS. The highest BCUT2D eigenvalue weighted by molar-refractivity contribution is 7.18. The zero-order valence-corrected chi connectivity index (χ0v) is 12.6. The van der Waals surface area contributed by atoms with Crippen molar-refractivity contribution >= 4 is 22.4 Å². The summed E-state index contributed by atoms with van der Waals surface area (Å²) in [4.78, 5) is 17.9. The van der Waals surface area contributed by atoms with E-state index >= 15 is 0 Å². The van der Waals surface area contributed by atoms with E-state index in [-0.39, 0.29) is 5.91 Å². The largest absolute Gasteiger partial charge is 0.287 e. The molecular weight excluding hydrogens is 272 g/mol. The SMILES string of the molecule is CCCC(=O)N(CCC)c1nnc(-c2ccncc2)s1. The minimum atomic E-state index is 0.117. The first-order valence-corrected chi connectivity index (χ1v) is 7.62. The van der Waals surface area contributed by atoms with Crippen LogP contribution in [-0.2, 0) is 4.79 Å². The Hall–Kier alpha value is -1.82. The highest BCUT2D eigenvalue weighted by atomic mass is 32.1. The fourth-order valence-electron chi connectivity index (χ4n) is 1.84. The third-order valence-electron chi connectivity index (χ3n) is 2.78. The number of hydrogen-bond donors (Lipinski definition) is 0. The number of hydrogen-bond acceptors (Lipinski definition) is 5. The van der Waals surface area contributed by atoms with E-state index in [0.717, 1.165) is 23.4 Å². The summed E-state index contributed by atoms with van der Waals surface area (Å²) in [6.07, 6.45) is 5.74. The molecule has 20 heavy (non-hydrogen) atoms. The molecule has 2 rings (SSSR count). The van der Waals surface area contributed by atoms with Crippen molar-refractivity contribution in [3.05, 3.63) is 24.5 Å². The molecule has 0 aliphatic carbocycles. The Balaban J connectivity index is 2.23. The molecule has 2 aromatic rings. The molecule has 2 heterocycles. The Morgan fingerprint density at radius 2 is 1.95 bits per heavy atom. The van der Waals surface area contributed by atoms with Crippen LogP contribution in [0.25, 0.3) is 10.6 Å². The first-order valence-electron chi connectivity index (χ1n) is 6.80. The minimum Gasteiger partial charge on any atom is -0.287 e. The highest BCUT2D eigenvalue weighted by Crippen LogP contribution is 2.28. The van der Waals surface area contributed by atoms with Gasteiger partial charge < -0.3 is 0 Å². The van der Waals surface area contributed by atoms with Crippen LogP contribution in [0.5, 0.6) is 0 Å². The Kier molecular flexibility index (Phi) is 5.17. The number of aromatic nitrogens is 3. The normalized spacial score (nSPS) is 10.5.